The summed E-state index contributed by atoms with van der Waals surface area (Å²) >= 11 is 0. The third-order valence-electron chi connectivity index (χ3n) is 5.13. The van der Waals surface area contributed by atoms with Gasteiger partial charge < -0.3 is 18.9 Å². The topological polar surface area (TPSA) is 36.9 Å². The third kappa shape index (κ3) is 19.1. The molecule has 0 saturated heterocycles. The number of rotatable bonds is 24. The second-order valence-electron chi connectivity index (χ2n) is 8.22. The first-order valence-electron chi connectivity index (χ1n) is 13.0. The molecule has 0 radical (unpaired) electrons. The highest BCUT2D eigenvalue weighted by Crippen LogP contribution is 2.18. The van der Waals surface area contributed by atoms with Gasteiger partial charge in [0.15, 0.2) is 12.6 Å². The molecule has 30 heavy (non-hydrogen) atoms. The van der Waals surface area contributed by atoms with Gasteiger partial charge in [-0.15, -0.1) is 0 Å². The van der Waals surface area contributed by atoms with Gasteiger partial charge in [-0.3, -0.25) is 0 Å². The Labute approximate surface area is 188 Å². The average molecular weight is 429 g/mol. The molecule has 4 nitrogen and oxygen atoms in total. The Morgan fingerprint density at radius 1 is 0.467 bits per heavy atom. The summed E-state index contributed by atoms with van der Waals surface area (Å²) in [4.78, 5) is 0. The molecule has 0 atom stereocenters. The van der Waals surface area contributed by atoms with E-state index in [2.05, 4.69) is 27.7 Å². The summed E-state index contributed by atoms with van der Waals surface area (Å²) < 4.78 is 23.7. The van der Waals surface area contributed by atoms with Gasteiger partial charge in [0, 0.05) is 6.42 Å². The highest BCUT2D eigenvalue weighted by molar-refractivity contribution is 4.95. The lowest BCUT2D eigenvalue weighted by atomic mass is 10.2. The molecule has 0 aromatic rings. The van der Waals surface area contributed by atoms with Crippen LogP contribution in [-0.4, -0.2) is 26.6 Å². The quantitative estimate of drug-likeness (QED) is 0.0877. The molecule has 0 aromatic heterocycles. The fourth-order valence-corrected chi connectivity index (χ4v) is 3.22. The molecule has 0 unspecified atom stereocenters. The van der Waals surface area contributed by atoms with Gasteiger partial charge in [-0.25, -0.2) is 0 Å². The van der Waals surface area contributed by atoms with Crippen molar-refractivity contribution >= 4 is 0 Å². The molecule has 0 bridgehead atoms. The van der Waals surface area contributed by atoms with E-state index in [1.165, 1.54) is 70.6 Å². The predicted molar refractivity (Wildman–Crippen MR) is 127 cm³/mol. The summed E-state index contributed by atoms with van der Waals surface area (Å²) in [7, 11) is 0. The number of allylic oxidation sites excluding steroid dienone is 1. The van der Waals surface area contributed by atoms with Gasteiger partial charge in [0.05, 0.1) is 19.8 Å². The highest BCUT2D eigenvalue weighted by atomic mass is 16.7. The SMILES string of the molecule is CCCCCCCOC(CCC)=C(OCCCCCCC)OCOCCCCCC. The summed E-state index contributed by atoms with van der Waals surface area (Å²) in [6.45, 7) is 11.3. The Morgan fingerprint density at radius 3 is 1.53 bits per heavy atom. The Hall–Kier alpha value is -0.900. The molecule has 0 aliphatic carbocycles. The van der Waals surface area contributed by atoms with Gasteiger partial charge in [-0.1, -0.05) is 98.3 Å². The lowest BCUT2D eigenvalue weighted by Crippen LogP contribution is -2.10. The molecule has 0 amide bonds. The Morgan fingerprint density at radius 2 is 0.967 bits per heavy atom. The maximum atomic E-state index is 6.10. The van der Waals surface area contributed by atoms with Crippen molar-refractivity contribution in [3.63, 3.8) is 0 Å². The zero-order valence-electron chi connectivity index (χ0n) is 20.8. The van der Waals surface area contributed by atoms with E-state index < -0.39 is 0 Å². The minimum atomic E-state index is 0.240. The van der Waals surface area contributed by atoms with Crippen molar-refractivity contribution in [2.45, 2.75) is 130 Å². The third-order valence-corrected chi connectivity index (χ3v) is 5.13. The lowest BCUT2D eigenvalue weighted by Gasteiger charge is -2.17. The maximum Gasteiger partial charge on any atom is 0.321 e. The smallest absolute Gasteiger partial charge is 0.321 e. The molecular formula is C26H52O4. The van der Waals surface area contributed by atoms with Gasteiger partial charge in [0.25, 0.3) is 0 Å². The van der Waals surface area contributed by atoms with Gasteiger partial charge >= 0.3 is 5.95 Å². The van der Waals surface area contributed by atoms with E-state index in [9.17, 15) is 0 Å². The Kier molecular flexibility index (Phi) is 23.6. The summed E-state index contributed by atoms with van der Waals surface area (Å²) in [5.74, 6) is 1.41. The zero-order valence-corrected chi connectivity index (χ0v) is 20.8. The van der Waals surface area contributed by atoms with Crippen LogP contribution in [0.1, 0.15) is 130 Å². The van der Waals surface area contributed by atoms with Crippen LogP contribution in [0, 0.1) is 0 Å². The monoisotopic (exact) mass is 428 g/mol. The molecule has 0 aromatic carbocycles. The largest absolute Gasteiger partial charge is 0.491 e. The molecule has 0 fully saturated rings. The second kappa shape index (κ2) is 24.4. The van der Waals surface area contributed by atoms with Crippen LogP contribution in [-0.2, 0) is 18.9 Å². The fraction of sp³-hybridized carbons (Fsp3) is 0.923. The Balaban J connectivity index is 4.51. The van der Waals surface area contributed by atoms with Gasteiger partial charge in [-0.05, 0) is 25.7 Å². The Bertz CT molecular complexity index is 368. The first-order chi connectivity index (χ1) is 14.8. The van der Waals surface area contributed by atoms with Crippen molar-refractivity contribution in [1.82, 2.24) is 0 Å². The van der Waals surface area contributed by atoms with Gasteiger partial charge in [-0.2, -0.15) is 0 Å². The minimum absolute atomic E-state index is 0.240. The lowest BCUT2D eigenvalue weighted by molar-refractivity contribution is -0.0845. The van der Waals surface area contributed by atoms with Crippen molar-refractivity contribution in [2.24, 2.45) is 0 Å². The summed E-state index contributed by atoms with van der Waals surface area (Å²) in [5.41, 5.74) is 0. The van der Waals surface area contributed by atoms with Crippen molar-refractivity contribution in [2.75, 3.05) is 26.6 Å². The van der Waals surface area contributed by atoms with Crippen LogP contribution in [0.2, 0.25) is 0 Å². The zero-order chi connectivity index (χ0) is 22.1. The highest BCUT2D eigenvalue weighted by Gasteiger charge is 2.12. The molecule has 0 heterocycles. The number of hydrogen-bond donors (Lipinski definition) is 0. The molecule has 0 aliphatic rings. The van der Waals surface area contributed by atoms with Crippen LogP contribution in [0.3, 0.4) is 0 Å². The van der Waals surface area contributed by atoms with Gasteiger partial charge in [0.1, 0.15) is 0 Å². The van der Waals surface area contributed by atoms with E-state index in [4.69, 9.17) is 18.9 Å². The molecule has 0 saturated carbocycles. The van der Waals surface area contributed by atoms with Crippen molar-refractivity contribution < 1.29 is 18.9 Å². The summed E-state index contributed by atoms with van der Waals surface area (Å²) in [5, 5.41) is 0. The van der Waals surface area contributed by atoms with Crippen molar-refractivity contribution in [1.29, 1.82) is 0 Å². The molecule has 0 N–H and O–H groups in total. The normalized spacial score (nSPS) is 12.0. The predicted octanol–water partition coefficient (Wildman–Crippen LogP) is 8.50. The minimum Gasteiger partial charge on any atom is -0.491 e. The number of hydrogen-bond acceptors (Lipinski definition) is 4. The van der Waals surface area contributed by atoms with E-state index in [1.54, 1.807) is 0 Å². The first-order valence-corrected chi connectivity index (χ1v) is 13.0. The first kappa shape index (κ1) is 29.1. The van der Waals surface area contributed by atoms with Crippen LogP contribution in [0.5, 0.6) is 0 Å². The molecule has 0 aliphatic heterocycles. The molecule has 4 heteroatoms. The fourth-order valence-electron chi connectivity index (χ4n) is 3.22. The van der Waals surface area contributed by atoms with Crippen molar-refractivity contribution in [3.05, 3.63) is 11.7 Å². The van der Waals surface area contributed by atoms with Gasteiger partial charge in [0.2, 0.25) is 0 Å². The van der Waals surface area contributed by atoms with E-state index in [0.29, 0.717) is 12.6 Å². The summed E-state index contributed by atoms with van der Waals surface area (Å²) in [6.07, 6.45) is 18.9. The standard InChI is InChI=1S/C26H52O4/c1-5-9-12-15-18-22-28-25(20-8-4)26(29-23-19-16-13-10-6-2)30-24-27-21-17-14-11-7-3/h5-24H2,1-4H3. The molecule has 0 spiro atoms. The summed E-state index contributed by atoms with van der Waals surface area (Å²) in [6, 6.07) is 0. The van der Waals surface area contributed by atoms with Crippen LogP contribution in [0.15, 0.2) is 11.7 Å². The van der Waals surface area contributed by atoms with Crippen LogP contribution in [0.4, 0.5) is 0 Å². The van der Waals surface area contributed by atoms with Crippen LogP contribution < -0.4 is 0 Å². The van der Waals surface area contributed by atoms with Crippen LogP contribution in [0.25, 0.3) is 0 Å². The van der Waals surface area contributed by atoms with E-state index >= 15 is 0 Å². The molecular weight excluding hydrogens is 376 g/mol. The second-order valence-corrected chi connectivity index (χ2v) is 8.22. The van der Waals surface area contributed by atoms with E-state index in [-0.39, 0.29) is 6.79 Å². The van der Waals surface area contributed by atoms with Crippen LogP contribution >= 0.6 is 0 Å². The van der Waals surface area contributed by atoms with E-state index in [0.717, 1.165) is 51.1 Å². The number of ether oxygens (including phenoxy) is 4. The number of unbranched alkanes of at least 4 members (excludes halogenated alkanes) is 11. The van der Waals surface area contributed by atoms with Crippen molar-refractivity contribution in [3.8, 4) is 0 Å². The molecule has 0 rings (SSSR count). The molecule has 180 valence electrons. The average Bonchev–Trinajstić information content (AvgIpc) is 2.75. The maximum absolute atomic E-state index is 6.10. The van der Waals surface area contributed by atoms with E-state index in [1.807, 2.05) is 0 Å².